The van der Waals surface area contributed by atoms with Crippen LogP contribution in [0.25, 0.3) is 4.96 Å². The monoisotopic (exact) mass is 261 g/mol. The molecule has 4 nitrogen and oxygen atoms in total. The van der Waals surface area contributed by atoms with Crippen molar-refractivity contribution in [3.63, 3.8) is 0 Å². The molecule has 0 aromatic carbocycles. The number of aryl methyl sites for hydroxylation is 2. The van der Waals surface area contributed by atoms with Crippen LogP contribution in [0.1, 0.15) is 22.8 Å². The van der Waals surface area contributed by atoms with Crippen LogP contribution in [0.15, 0.2) is 28.2 Å². The molecule has 0 aliphatic heterocycles. The van der Waals surface area contributed by atoms with Crippen molar-refractivity contribution < 1.29 is 4.42 Å². The van der Waals surface area contributed by atoms with E-state index in [1.807, 2.05) is 12.1 Å². The zero-order valence-electron chi connectivity index (χ0n) is 10.4. The van der Waals surface area contributed by atoms with Crippen molar-refractivity contribution in [3.05, 3.63) is 46.6 Å². The Morgan fingerprint density at radius 3 is 3.06 bits per heavy atom. The first-order chi connectivity index (χ1) is 8.75. The molecule has 0 unspecified atom stereocenters. The lowest BCUT2D eigenvalue weighted by molar-refractivity contribution is 0.481. The Morgan fingerprint density at radius 2 is 2.28 bits per heavy atom. The van der Waals surface area contributed by atoms with Gasteiger partial charge in [-0.05, 0) is 26.0 Å². The van der Waals surface area contributed by atoms with Gasteiger partial charge in [-0.15, -0.1) is 11.3 Å². The zero-order valence-corrected chi connectivity index (χ0v) is 11.3. The van der Waals surface area contributed by atoms with Crippen LogP contribution in [-0.2, 0) is 13.1 Å². The molecular formula is C13H15N3OS. The molecule has 3 aromatic rings. The van der Waals surface area contributed by atoms with Crippen LogP contribution < -0.4 is 5.32 Å². The van der Waals surface area contributed by atoms with E-state index < -0.39 is 0 Å². The van der Waals surface area contributed by atoms with Crippen LogP contribution in [0, 0.1) is 13.8 Å². The number of aromatic nitrogens is 2. The molecule has 3 aromatic heterocycles. The third kappa shape index (κ3) is 1.95. The van der Waals surface area contributed by atoms with Gasteiger partial charge in [0.25, 0.3) is 0 Å². The fourth-order valence-corrected chi connectivity index (χ4v) is 3.02. The molecule has 0 radical (unpaired) electrons. The Hall–Kier alpha value is -1.59. The summed E-state index contributed by atoms with van der Waals surface area (Å²) in [5.41, 5.74) is 3.57. The summed E-state index contributed by atoms with van der Waals surface area (Å²) in [5.74, 6) is 0.954. The number of fused-ring (bicyclic) bond motifs is 1. The highest BCUT2D eigenvalue weighted by Gasteiger charge is 2.11. The van der Waals surface area contributed by atoms with Crippen LogP contribution in [0.3, 0.4) is 0 Å². The molecule has 0 aliphatic rings. The van der Waals surface area contributed by atoms with Crippen LogP contribution in [0.5, 0.6) is 0 Å². The van der Waals surface area contributed by atoms with Gasteiger partial charge in [0.15, 0.2) is 4.96 Å². The molecule has 18 heavy (non-hydrogen) atoms. The first-order valence-electron chi connectivity index (χ1n) is 5.91. The fourth-order valence-electron chi connectivity index (χ4n) is 2.09. The SMILES string of the molecule is Cc1nc2scc(C)n2c1CNCc1ccco1. The Bertz CT molecular complexity index is 651. The maximum absolute atomic E-state index is 5.30. The largest absolute Gasteiger partial charge is 0.468 e. The first kappa shape index (κ1) is 11.5. The lowest BCUT2D eigenvalue weighted by atomic mass is 10.3. The second kappa shape index (κ2) is 4.59. The number of nitrogens with one attached hydrogen (secondary N) is 1. The van der Waals surface area contributed by atoms with Crippen molar-refractivity contribution >= 4 is 16.3 Å². The van der Waals surface area contributed by atoms with E-state index in [9.17, 15) is 0 Å². The van der Waals surface area contributed by atoms with Crippen LogP contribution in [0.2, 0.25) is 0 Å². The minimum atomic E-state index is 0.739. The molecule has 1 N–H and O–H groups in total. The summed E-state index contributed by atoms with van der Waals surface area (Å²) in [7, 11) is 0. The van der Waals surface area contributed by atoms with Crippen molar-refractivity contribution in [1.29, 1.82) is 0 Å². The van der Waals surface area contributed by atoms with E-state index in [0.717, 1.165) is 29.5 Å². The average Bonchev–Trinajstić information content (AvgIpc) is 3.02. The van der Waals surface area contributed by atoms with Crippen LogP contribution in [-0.4, -0.2) is 9.38 Å². The first-order valence-corrected chi connectivity index (χ1v) is 6.79. The summed E-state index contributed by atoms with van der Waals surface area (Å²) in [5, 5.41) is 5.53. The van der Waals surface area contributed by atoms with Crippen molar-refractivity contribution in [2.45, 2.75) is 26.9 Å². The molecule has 0 saturated heterocycles. The molecule has 0 amide bonds. The van der Waals surface area contributed by atoms with E-state index in [0.29, 0.717) is 0 Å². The molecule has 0 spiro atoms. The van der Waals surface area contributed by atoms with Gasteiger partial charge < -0.3 is 9.73 Å². The standard InChI is InChI=1S/C13H15N3OS/c1-9-8-18-13-15-10(2)12(16(9)13)7-14-6-11-4-3-5-17-11/h3-5,8,14H,6-7H2,1-2H3. The predicted molar refractivity (Wildman–Crippen MR) is 71.8 cm³/mol. The minimum Gasteiger partial charge on any atom is -0.468 e. The van der Waals surface area contributed by atoms with E-state index in [1.165, 1.54) is 11.4 Å². The third-order valence-electron chi connectivity index (χ3n) is 3.00. The molecule has 0 saturated carbocycles. The van der Waals surface area contributed by atoms with Crippen molar-refractivity contribution in [3.8, 4) is 0 Å². The number of imidazole rings is 1. The molecule has 0 atom stereocenters. The topological polar surface area (TPSA) is 42.5 Å². The van der Waals surface area contributed by atoms with Crippen LogP contribution in [0.4, 0.5) is 0 Å². The number of rotatable bonds is 4. The Labute approximate surface area is 109 Å². The Balaban J connectivity index is 1.77. The second-order valence-corrected chi connectivity index (χ2v) is 5.16. The summed E-state index contributed by atoms with van der Waals surface area (Å²) in [6.45, 7) is 5.71. The maximum atomic E-state index is 5.30. The number of hydrogen-bond acceptors (Lipinski definition) is 4. The van der Waals surface area contributed by atoms with Gasteiger partial charge >= 0.3 is 0 Å². The summed E-state index contributed by atoms with van der Waals surface area (Å²) < 4.78 is 7.51. The quantitative estimate of drug-likeness (QED) is 0.785. The molecule has 3 heterocycles. The Kier molecular flexibility index (Phi) is 2.93. The molecule has 0 fully saturated rings. The Morgan fingerprint density at radius 1 is 1.39 bits per heavy atom. The van der Waals surface area contributed by atoms with E-state index >= 15 is 0 Å². The van der Waals surface area contributed by atoms with Crippen LogP contribution >= 0.6 is 11.3 Å². The summed E-state index contributed by atoms with van der Waals surface area (Å²) >= 11 is 1.69. The third-order valence-corrected chi connectivity index (χ3v) is 3.95. The number of hydrogen-bond donors (Lipinski definition) is 1. The molecule has 94 valence electrons. The van der Waals surface area contributed by atoms with Gasteiger partial charge in [-0.3, -0.25) is 4.40 Å². The lowest BCUT2D eigenvalue weighted by Gasteiger charge is -2.04. The average molecular weight is 261 g/mol. The van der Waals surface area contributed by atoms with Crippen molar-refractivity contribution in [2.75, 3.05) is 0 Å². The molecule has 3 rings (SSSR count). The van der Waals surface area contributed by atoms with E-state index in [1.54, 1.807) is 17.6 Å². The fraction of sp³-hybridized carbons (Fsp3) is 0.308. The van der Waals surface area contributed by atoms with Gasteiger partial charge in [0.2, 0.25) is 0 Å². The van der Waals surface area contributed by atoms with Gasteiger partial charge in [-0.2, -0.15) is 0 Å². The second-order valence-electron chi connectivity index (χ2n) is 4.32. The maximum Gasteiger partial charge on any atom is 0.194 e. The molecule has 0 bridgehead atoms. The summed E-state index contributed by atoms with van der Waals surface area (Å²) in [6, 6.07) is 3.88. The molecule has 0 aliphatic carbocycles. The highest BCUT2D eigenvalue weighted by molar-refractivity contribution is 7.15. The number of thiazole rings is 1. The lowest BCUT2D eigenvalue weighted by Crippen LogP contribution is -2.14. The van der Waals surface area contributed by atoms with E-state index in [2.05, 4.69) is 33.9 Å². The van der Waals surface area contributed by atoms with E-state index in [-0.39, 0.29) is 0 Å². The minimum absolute atomic E-state index is 0.739. The molecule has 5 heteroatoms. The van der Waals surface area contributed by atoms with Gasteiger partial charge in [0.05, 0.1) is 24.2 Å². The number of furan rings is 1. The van der Waals surface area contributed by atoms with Crippen molar-refractivity contribution in [2.24, 2.45) is 0 Å². The van der Waals surface area contributed by atoms with Gasteiger partial charge in [-0.25, -0.2) is 4.98 Å². The highest BCUT2D eigenvalue weighted by Crippen LogP contribution is 2.20. The normalized spacial score (nSPS) is 11.4. The van der Waals surface area contributed by atoms with Gasteiger partial charge in [0, 0.05) is 17.6 Å². The van der Waals surface area contributed by atoms with Crippen molar-refractivity contribution in [1.82, 2.24) is 14.7 Å². The predicted octanol–water partition coefficient (Wildman–Crippen LogP) is 2.90. The number of nitrogens with zero attached hydrogens (tertiary/aromatic N) is 2. The summed E-state index contributed by atoms with van der Waals surface area (Å²) in [4.78, 5) is 5.64. The van der Waals surface area contributed by atoms with E-state index in [4.69, 9.17) is 4.42 Å². The van der Waals surface area contributed by atoms with Gasteiger partial charge in [0.1, 0.15) is 5.76 Å². The summed E-state index contributed by atoms with van der Waals surface area (Å²) in [6.07, 6.45) is 1.70. The highest BCUT2D eigenvalue weighted by atomic mass is 32.1. The molecular weight excluding hydrogens is 246 g/mol. The zero-order chi connectivity index (χ0) is 12.5. The smallest absolute Gasteiger partial charge is 0.194 e. The van der Waals surface area contributed by atoms with Gasteiger partial charge in [-0.1, -0.05) is 0 Å².